The molecule has 1 heterocycles. The highest BCUT2D eigenvalue weighted by atomic mass is 35.5. The minimum absolute atomic E-state index is 0.108. The van der Waals surface area contributed by atoms with Crippen LogP contribution in [-0.2, 0) is 16.4 Å². The number of aromatic amines is 1. The summed E-state index contributed by atoms with van der Waals surface area (Å²) in [4.78, 5) is 15.2. The zero-order chi connectivity index (χ0) is 18.9. The summed E-state index contributed by atoms with van der Waals surface area (Å²) in [5, 5.41) is 1.32. The fourth-order valence-corrected chi connectivity index (χ4v) is 4.06. The van der Waals surface area contributed by atoms with Crippen LogP contribution in [0.5, 0.6) is 0 Å². The molecule has 26 heavy (non-hydrogen) atoms. The van der Waals surface area contributed by atoms with Gasteiger partial charge < -0.3 is 4.98 Å². The monoisotopic (exact) mass is 390 g/mol. The van der Waals surface area contributed by atoms with E-state index >= 15 is 0 Å². The molecule has 0 radical (unpaired) electrons. The van der Waals surface area contributed by atoms with E-state index in [1.54, 1.807) is 19.1 Å². The van der Waals surface area contributed by atoms with E-state index in [0.717, 1.165) is 22.0 Å². The normalized spacial score (nSPS) is 11.8. The number of rotatable bonds is 5. The molecule has 2 N–H and O–H groups in total. The van der Waals surface area contributed by atoms with Gasteiger partial charge in [-0.15, -0.1) is 0 Å². The molecule has 0 aliphatic carbocycles. The molecule has 3 aromatic rings. The average Bonchev–Trinajstić information content (AvgIpc) is 2.58. The molecule has 0 aliphatic heterocycles. The standard InChI is InChI=1S/C19H19ClN2O3S/c1-12-6-7-16(11-17(12)20)26(24,25)21-9-8-15-10-14-5-3-4-13(2)18(14)22-19(15)23/h3-7,10-11,21H,8-9H2,1-2H3,(H,22,23). The molecule has 2 aromatic carbocycles. The first-order valence-corrected chi connectivity index (χ1v) is 10.0. The number of nitrogens with one attached hydrogen (secondary N) is 2. The van der Waals surface area contributed by atoms with Crippen molar-refractivity contribution in [1.29, 1.82) is 0 Å². The van der Waals surface area contributed by atoms with Crippen LogP contribution in [0.15, 0.2) is 52.2 Å². The van der Waals surface area contributed by atoms with Crippen LogP contribution >= 0.6 is 11.6 Å². The zero-order valence-electron chi connectivity index (χ0n) is 14.5. The highest BCUT2D eigenvalue weighted by Crippen LogP contribution is 2.20. The second-order valence-electron chi connectivity index (χ2n) is 6.22. The molecule has 0 bridgehead atoms. The largest absolute Gasteiger partial charge is 0.321 e. The molecule has 0 spiro atoms. The van der Waals surface area contributed by atoms with Gasteiger partial charge in [0.25, 0.3) is 5.56 Å². The SMILES string of the molecule is Cc1ccc(S(=O)(=O)NCCc2cc3cccc(C)c3[nH]c2=O)cc1Cl. The van der Waals surface area contributed by atoms with Gasteiger partial charge in [0.15, 0.2) is 0 Å². The molecule has 0 fully saturated rings. The number of hydrogen-bond donors (Lipinski definition) is 2. The van der Waals surface area contributed by atoms with E-state index in [4.69, 9.17) is 11.6 Å². The van der Waals surface area contributed by atoms with Gasteiger partial charge in [-0.2, -0.15) is 0 Å². The van der Waals surface area contributed by atoms with E-state index in [1.165, 1.54) is 12.1 Å². The third kappa shape index (κ3) is 3.82. The van der Waals surface area contributed by atoms with Gasteiger partial charge in [0.2, 0.25) is 10.0 Å². The first-order valence-electron chi connectivity index (χ1n) is 8.15. The van der Waals surface area contributed by atoms with Gasteiger partial charge in [0.05, 0.1) is 10.4 Å². The smallest absolute Gasteiger partial charge is 0.251 e. The molecule has 0 saturated heterocycles. The first kappa shape index (κ1) is 18.6. The van der Waals surface area contributed by atoms with Crippen LogP contribution in [0, 0.1) is 13.8 Å². The Labute approximate surface area is 157 Å². The van der Waals surface area contributed by atoms with Gasteiger partial charge in [-0.25, -0.2) is 13.1 Å². The molecule has 0 saturated carbocycles. The lowest BCUT2D eigenvalue weighted by Gasteiger charge is -2.09. The Kier molecular flexibility index (Phi) is 5.18. The lowest BCUT2D eigenvalue weighted by molar-refractivity contribution is 0.581. The predicted octanol–water partition coefficient (Wildman–Crippen LogP) is 3.32. The fraction of sp³-hybridized carbons (Fsp3) is 0.211. The van der Waals surface area contributed by atoms with Gasteiger partial charge in [-0.3, -0.25) is 4.79 Å². The Balaban J connectivity index is 1.77. The highest BCUT2D eigenvalue weighted by Gasteiger charge is 2.15. The van der Waals surface area contributed by atoms with Crippen LogP contribution in [0.3, 0.4) is 0 Å². The quantitative estimate of drug-likeness (QED) is 0.701. The Hall–Kier alpha value is -2.15. The minimum atomic E-state index is -3.68. The van der Waals surface area contributed by atoms with Gasteiger partial charge >= 0.3 is 0 Å². The van der Waals surface area contributed by atoms with Gasteiger partial charge in [-0.05, 0) is 55.0 Å². The molecule has 1 aromatic heterocycles. The van der Waals surface area contributed by atoms with Gasteiger partial charge in [0, 0.05) is 17.1 Å². The number of para-hydroxylation sites is 1. The van der Waals surface area contributed by atoms with Crippen LogP contribution in [0.4, 0.5) is 0 Å². The average molecular weight is 391 g/mol. The second-order valence-corrected chi connectivity index (χ2v) is 8.40. The summed E-state index contributed by atoms with van der Waals surface area (Å²) < 4.78 is 27.3. The Bertz CT molecular complexity index is 1140. The predicted molar refractivity (Wildman–Crippen MR) is 104 cm³/mol. The van der Waals surface area contributed by atoms with Crippen molar-refractivity contribution in [3.63, 3.8) is 0 Å². The van der Waals surface area contributed by atoms with Crippen LogP contribution in [0.2, 0.25) is 5.02 Å². The van der Waals surface area contributed by atoms with Crippen LogP contribution in [0.25, 0.3) is 10.9 Å². The van der Waals surface area contributed by atoms with E-state index in [-0.39, 0.29) is 23.4 Å². The number of sulfonamides is 1. The maximum Gasteiger partial charge on any atom is 0.251 e. The van der Waals surface area contributed by atoms with Crippen molar-refractivity contribution in [2.24, 2.45) is 0 Å². The van der Waals surface area contributed by atoms with Crippen molar-refractivity contribution >= 4 is 32.5 Å². The number of fused-ring (bicyclic) bond motifs is 1. The highest BCUT2D eigenvalue weighted by molar-refractivity contribution is 7.89. The van der Waals surface area contributed by atoms with E-state index < -0.39 is 10.0 Å². The molecule has 136 valence electrons. The van der Waals surface area contributed by atoms with Gasteiger partial charge in [-0.1, -0.05) is 35.9 Å². The Morgan fingerprint density at radius 2 is 1.85 bits per heavy atom. The Morgan fingerprint density at radius 3 is 2.58 bits per heavy atom. The fourth-order valence-electron chi connectivity index (χ4n) is 2.76. The van der Waals surface area contributed by atoms with Crippen molar-refractivity contribution in [1.82, 2.24) is 9.71 Å². The number of aryl methyl sites for hydroxylation is 2. The summed E-state index contributed by atoms with van der Waals surface area (Å²) in [6.45, 7) is 3.85. The summed E-state index contributed by atoms with van der Waals surface area (Å²) in [7, 11) is -3.68. The molecule has 0 amide bonds. The maximum absolute atomic E-state index is 12.4. The third-order valence-corrected chi connectivity index (χ3v) is 6.17. The van der Waals surface area contributed by atoms with Crippen molar-refractivity contribution in [3.8, 4) is 0 Å². The lowest BCUT2D eigenvalue weighted by atomic mass is 10.1. The molecular weight excluding hydrogens is 372 g/mol. The number of pyridine rings is 1. The molecular formula is C19H19ClN2O3S. The third-order valence-electron chi connectivity index (χ3n) is 4.30. The van der Waals surface area contributed by atoms with Crippen molar-refractivity contribution in [2.75, 3.05) is 6.54 Å². The Morgan fingerprint density at radius 1 is 1.08 bits per heavy atom. The van der Waals surface area contributed by atoms with E-state index in [2.05, 4.69) is 9.71 Å². The molecule has 3 rings (SSSR count). The van der Waals surface area contributed by atoms with Crippen LogP contribution in [0.1, 0.15) is 16.7 Å². The second kappa shape index (κ2) is 7.23. The minimum Gasteiger partial charge on any atom is -0.321 e. The summed E-state index contributed by atoms with van der Waals surface area (Å²) in [5.74, 6) is 0. The zero-order valence-corrected chi connectivity index (χ0v) is 16.0. The summed E-state index contributed by atoms with van der Waals surface area (Å²) in [6.07, 6.45) is 0.290. The molecule has 7 heteroatoms. The van der Waals surface area contributed by atoms with Crippen molar-refractivity contribution in [3.05, 3.63) is 74.5 Å². The summed E-state index contributed by atoms with van der Waals surface area (Å²) in [5.41, 5.74) is 2.93. The number of halogens is 1. The number of H-pyrrole nitrogens is 1. The number of benzene rings is 2. The molecule has 0 aliphatic rings. The number of hydrogen-bond acceptors (Lipinski definition) is 3. The van der Waals surface area contributed by atoms with Crippen LogP contribution < -0.4 is 10.3 Å². The number of aromatic nitrogens is 1. The summed E-state index contributed by atoms with van der Waals surface area (Å²) in [6, 6.07) is 12.2. The molecule has 0 unspecified atom stereocenters. The van der Waals surface area contributed by atoms with E-state index in [0.29, 0.717) is 10.6 Å². The van der Waals surface area contributed by atoms with Gasteiger partial charge in [0.1, 0.15) is 0 Å². The summed E-state index contributed by atoms with van der Waals surface area (Å²) >= 11 is 6.00. The van der Waals surface area contributed by atoms with Crippen LogP contribution in [-0.4, -0.2) is 19.9 Å². The molecule has 0 atom stereocenters. The van der Waals surface area contributed by atoms with Crippen molar-refractivity contribution in [2.45, 2.75) is 25.2 Å². The van der Waals surface area contributed by atoms with E-state index in [1.807, 2.05) is 25.1 Å². The topological polar surface area (TPSA) is 79.0 Å². The van der Waals surface area contributed by atoms with Crippen molar-refractivity contribution < 1.29 is 8.42 Å². The van der Waals surface area contributed by atoms with E-state index in [9.17, 15) is 13.2 Å². The first-order chi connectivity index (χ1) is 12.3. The lowest BCUT2D eigenvalue weighted by Crippen LogP contribution is -2.27. The molecule has 5 nitrogen and oxygen atoms in total. The maximum atomic E-state index is 12.4.